The lowest BCUT2D eigenvalue weighted by Gasteiger charge is -2.28. The van der Waals surface area contributed by atoms with Gasteiger partial charge < -0.3 is 10.1 Å². The van der Waals surface area contributed by atoms with Gasteiger partial charge in [-0.1, -0.05) is 12.1 Å². The first-order valence-corrected chi connectivity index (χ1v) is 6.69. The van der Waals surface area contributed by atoms with Crippen LogP contribution in [0.2, 0.25) is 0 Å². The van der Waals surface area contributed by atoms with E-state index < -0.39 is 0 Å². The molecule has 92 valence electrons. The molecule has 1 N–H and O–H groups in total. The number of ether oxygens (including phenoxy) is 1. The van der Waals surface area contributed by atoms with E-state index in [1.54, 1.807) is 0 Å². The summed E-state index contributed by atoms with van der Waals surface area (Å²) < 4.78 is 5.73. The molecule has 0 amide bonds. The summed E-state index contributed by atoms with van der Waals surface area (Å²) in [4.78, 5) is 0. The number of rotatable bonds is 2. The molecule has 0 saturated carbocycles. The van der Waals surface area contributed by atoms with Gasteiger partial charge in [-0.05, 0) is 56.7 Å². The van der Waals surface area contributed by atoms with Crippen molar-refractivity contribution < 1.29 is 4.74 Å². The van der Waals surface area contributed by atoms with Crippen LogP contribution in [0.5, 0.6) is 5.75 Å². The predicted molar refractivity (Wildman–Crippen MR) is 69.6 cm³/mol. The molecular formula is C15H21NO. The van der Waals surface area contributed by atoms with Gasteiger partial charge in [-0.3, -0.25) is 0 Å². The summed E-state index contributed by atoms with van der Waals surface area (Å²) in [6.07, 6.45) is 6.15. The fraction of sp³-hybridized carbons (Fsp3) is 0.600. The van der Waals surface area contributed by atoms with Crippen molar-refractivity contribution in [3.8, 4) is 5.75 Å². The van der Waals surface area contributed by atoms with E-state index in [0.29, 0.717) is 0 Å². The van der Waals surface area contributed by atoms with Crippen molar-refractivity contribution in [2.75, 3.05) is 13.7 Å². The number of fused-ring (bicyclic) bond motifs is 1. The Morgan fingerprint density at radius 3 is 2.82 bits per heavy atom. The maximum absolute atomic E-state index is 5.73. The summed E-state index contributed by atoms with van der Waals surface area (Å²) in [5.74, 6) is 1.15. The van der Waals surface area contributed by atoms with Gasteiger partial charge in [0.05, 0.1) is 7.11 Å². The fourth-order valence-corrected chi connectivity index (χ4v) is 3.42. The first-order valence-electron chi connectivity index (χ1n) is 6.69. The molecule has 2 aliphatic rings. The zero-order valence-electron chi connectivity index (χ0n) is 10.8. The van der Waals surface area contributed by atoms with Gasteiger partial charge in [0, 0.05) is 11.1 Å². The zero-order chi connectivity index (χ0) is 11.9. The van der Waals surface area contributed by atoms with E-state index in [0.717, 1.165) is 12.3 Å². The predicted octanol–water partition coefficient (Wildman–Crippen LogP) is 2.78. The number of nitrogens with one attached hydrogen (secondary N) is 1. The van der Waals surface area contributed by atoms with Crippen LogP contribution in [0.4, 0.5) is 0 Å². The number of hydrogen-bond acceptors (Lipinski definition) is 2. The van der Waals surface area contributed by atoms with E-state index in [2.05, 4.69) is 24.4 Å². The van der Waals surface area contributed by atoms with Gasteiger partial charge in [-0.2, -0.15) is 0 Å². The maximum Gasteiger partial charge on any atom is 0.127 e. The van der Waals surface area contributed by atoms with Gasteiger partial charge in [-0.25, -0.2) is 0 Å². The fourth-order valence-electron chi connectivity index (χ4n) is 3.42. The molecule has 3 rings (SSSR count). The second-order valence-corrected chi connectivity index (χ2v) is 5.50. The van der Waals surface area contributed by atoms with Gasteiger partial charge in [0.25, 0.3) is 0 Å². The van der Waals surface area contributed by atoms with E-state index >= 15 is 0 Å². The van der Waals surface area contributed by atoms with Crippen molar-refractivity contribution in [1.29, 1.82) is 0 Å². The summed E-state index contributed by atoms with van der Waals surface area (Å²) in [5.41, 5.74) is 4.42. The topological polar surface area (TPSA) is 21.3 Å². The van der Waals surface area contributed by atoms with Crippen LogP contribution in [0.25, 0.3) is 0 Å². The highest BCUT2D eigenvalue weighted by Crippen LogP contribution is 2.41. The minimum atomic E-state index is 0.114. The highest BCUT2D eigenvalue weighted by atomic mass is 16.5. The summed E-state index contributed by atoms with van der Waals surface area (Å²) >= 11 is 0. The van der Waals surface area contributed by atoms with Crippen LogP contribution in [0.3, 0.4) is 0 Å². The number of hydrogen-bond donors (Lipinski definition) is 1. The SMILES string of the molecule is COc1c(C2(C)CCCN2)ccc2c1CCC2. The molecule has 1 fully saturated rings. The van der Waals surface area contributed by atoms with Gasteiger partial charge >= 0.3 is 0 Å². The molecule has 0 aromatic heterocycles. The summed E-state index contributed by atoms with van der Waals surface area (Å²) in [7, 11) is 1.82. The van der Waals surface area contributed by atoms with Crippen molar-refractivity contribution in [2.24, 2.45) is 0 Å². The van der Waals surface area contributed by atoms with Crippen molar-refractivity contribution >= 4 is 0 Å². The molecule has 1 aromatic carbocycles. The Labute approximate surface area is 103 Å². The minimum absolute atomic E-state index is 0.114. The molecule has 0 bridgehead atoms. The molecule has 1 aliphatic carbocycles. The van der Waals surface area contributed by atoms with Crippen molar-refractivity contribution in [1.82, 2.24) is 5.32 Å². The van der Waals surface area contributed by atoms with Crippen molar-refractivity contribution in [3.05, 3.63) is 28.8 Å². The Balaban J connectivity index is 2.11. The van der Waals surface area contributed by atoms with E-state index in [1.165, 1.54) is 48.8 Å². The summed E-state index contributed by atoms with van der Waals surface area (Å²) in [6, 6.07) is 4.59. The molecule has 17 heavy (non-hydrogen) atoms. The van der Waals surface area contributed by atoms with Crippen LogP contribution in [-0.4, -0.2) is 13.7 Å². The molecule has 0 radical (unpaired) electrons. The molecule has 0 spiro atoms. The highest BCUT2D eigenvalue weighted by molar-refractivity contribution is 5.51. The lowest BCUT2D eigenvalue weighted by molar-refractivity contribution is 0.368. The Kier molecular flexibility index (Phi) is 2.62. The zero-order valence-corrected chi connectivity index (χ0v) is 10.8. The first-order chi connectivity index (χ1) is 8.24. The molecule has 2 heteroatoms. The molecule has 1 atom stereocenters. The summed E-state index contributed by atoms with van der Waals surface area (Å²) in [5, 5.41) is 3.64. The third-order valence-corrected chi connectivity index (χ3v) is 4.40. The number of aryl methyl sites for hydroxylation is 1. The smallest absolute Gasteiger partial charge is 0.127 e. The maximum atomic E-state index is 5.73. The second-order valence-electron chi connectivity index (χ2n) is 5.50. The van der Waals surface area contributed by atoms with Gasteiger partial charge in [0.15, 0.2) is 0 Å². The standard InChI is InChI=1S/C15H21NO/c1-15(9-4-10-16-15)13-8-7-11-5-3-6-12(11)14(13)17-2/h7-8,16H,3-6,9-10H2,1-2H3. The Hall–Kier alpha value is -1.02. The molecule has 2 nitrogen and oxygen atoms in total. The Bertz CT molecular complexity index is 433. The lowest BCUT2D eigenvalue weighted by atomic mass is 9.87. The van der Waals surface area contributed by atoms with Crippen LogP contribution >= 0.6 is 0 Å². The van der Waals surface area contributed by atoms with Gasteiger partial charge in [0.1, 0.15) is 5.75 Å². The number of benzene rings is 1. The second kappa shape index (κ2) is 4.02. The minimum Gasteiger partial charge on any atom is -0.496 e. The third-order valence-electron chi connectivity index (χ3n) is 4.40. The monoisotopic (exact) mass is 231 g/mol. The average molecular weight is 231 g/mol. The van der Waals surface area contributed by atoms with Crippen LogP contribution in [-0.2, 0) is 18.4 Å². The van der Waals surface area contributed by atoms with Crippen LogP contribution in [0, 0.1) is 0 Å². The molecule has 1 aliphatic heterocycles. The van der Waals surface area contributed by atoms with Crippen molar-refractivity contribution in [2.45, 2.75) is 44.6 Å². The van der Waals surface area contributed by atoms with E-state index in [9.17, 15) is 0 Å². The third kappa shape index (κ3) is 1.66. The molecular weight excluding hydrogens is 210 g/mol. The van der Waals surface area contributed by atoms with Crippen LogP contribution in [0.1, 0.15) is 42.9 Å². The molecule has 1 heterocycles. The molecule has 1 saturated heterocycles. The number of methoxy groups -OCH3 is 1. The Morgan fingerprint density at radius 2 is 2.12 bits per heavy atom. The Morgan fingerprint density at radius 1 is 1.24 bits per heavy atom. The van der Waals surface area contributed by atoms with E-state index in [4.69, 9.17) is 4.74 Å². The van der Waals surface area contributed by atoms with Gasteiger partial charge in [-0.15, -0.1) is 0 Å². The van der Waals surface area contributed by atoms with E-state index in [1.807, 2.05) is 7.11 Å². The van der Waals surface area contributed by atoms with E-state index in [-0.39, 0.29) is 5.54 Å². The normalized spacial score (nSPS) is 27.2. The highest BCUT2D eigenvalue weighted by Gasteiger charge is 2.34. The molecule has 1 aromatic rings. The van der Waals surface area contributed by atoms with Crippen molar-refractivity contribution in [3.63, 3.8) is 0 Å². The van der Waals surface area contributed by atoms with Crippen LogP contribution < -0.4 is 10.1 Å². The van der Waals surface area contributed by atoms with Gasteiger partial charge in [0.2, 0.25) is 0 Å². The first kappa shape index (κ1) is 11.1. The average Bonchev–Trinajstić information content (AvgIpc) is 2.96. The quantitative estimate of drug-likeness (QED) is 0.845. The molecule has 1 unspecified atom stereocenters. The largest absolute Gasteiger partial charge is 0.496 e. The summed E-state index contributed by atoms with van der Waals surface area (Å²) in [6.45, 7) is 3.43. The lowest BCUT2D eigenvalue weighted by Crippen LogP contribution is -2.33. The van der Waals surface area contributed by atoms with Crippen LogP contribution in [0.15, 0.2) is 12.1 Å².